The van der Waals surface area contributed by atoms with Crippen molar-refractivity contribution in [3.05, 3.63) is 30.2 Å². The fourth-order valence-electron chi connectivity index (χ4n) is 3.51. The summed E-state index contributed by atoms with van der Waals surface area (Å²) < 4.78 is 5.31. The second-order valence-corrected chi connectivity index (χ2v) is 7.85. The van der Waals surface area contributed by atoms with E-state index in [9.17, 15) is 0 Å². The molecule has 8 heteroatoms. The van der Waals surface area contributed by atoms with Gasteiger partial charge >= 0.3 is 0 Å². The summed E-state index contributed by atoms with van der Waals surface area (Å²) in [6.45, 7) is 11.6. The molecule has 1 saturated heterocycles. The number of guanidine groups is 1. The number of likely N-dealkylation sites (tertiary alicyclic amines) is 1. The molecule has 1 fully saturated rings. The average Bonchev–Trinajstić information content (AvgIpc) is 3.19. The van der Waals surface area contributed by atoms with Gasteiger partial charge in [-0.3, -0.25) is 9.98 Å². The molecule has 0 amide bonds. The Balaban J connectivity index is 1.48. The van der Waals surface area contributed by atoms with E-state index in [0.717, 1.165) is 44.4 Å². The van der Waals surface area contributed by atoms with Crippen molar-refractivity contribution in [1.29, 1.82) is 0 Å². The van der Waals surface area contributed by atoms with Crippen molar-refractivity contribution in [2.45, 2.75) is 46.1 Å². The Bertz CT molecular complexity index is 751. The second-order valence-electron chi connectivity index (χ2n) is 7.85. The van der Waals surface area contributed by atoms with Gasteiger partial charge in [0.15, 0.2) is 11.8 Å². The van der Waals surface area contributed by atoms with Crippen LogP contribution in [0, 0.1) is 5.92 Å². The molecular weight excluding hydrogens is 366 g/mol. The van der Waals surface area contributed by atoms with Gasteiger partial charge in [-0.2, -0.15) is 4.98 Å². The van der Waals surface area contributed by atoms with Crippen LogP contribution in [0.1, 0.15) is 39.4 Å². The summed E-state index contributed by atoms with van der Waals surface area (Å²) in [5, 5.41) is 11.0. The molecule has 158 valence electrons. The fourth-order valence-corrected chi connectivity index (χ4v) is 3.51. The topological polar surface area (TPSA) is 91.5 Å². The Labute approximate surface area is 173 Å². The number of nitrogens with one attached hydrogen (secondary N) is 2. The zero-order valence-electron chi connectivity index (χ0n) is 17.8. The standard InChI is InChI=1S/C21H33N7O/c1-4-22-21(25-17-9-13-28(14-10-17)15-16(2)3)24-12-8-19-26-20(29-27-19)18-7-5-6-11-23-18/h5-7,11,16-17H,4,8-10,12-15H2,1-3H3,(H2,22,24,25). The van der Waals surface area contributed by atoms with Crippen molar-refractivity contribution < 1.29 is 4.52 Å². The van der Waals surface area contributed by atoms with Crippen LogP contribution in [0.15, 0.2) is 33.9 Å². The molecule has 2 N–H and O–H groups in total. The minimum absolute atomic E-state index is 0.447. The monoisotopic (exact) mass is 399 g/mol. The van der Waals surface area contributed by atoms with Crippen molar-refractivity contribution in [3.8, 4) is 11.6 Å². The molecule has 2 aromatic rings. The number of piperidine rings is 1. The molecule has 0 aliphatic carbocycles. The molecular formula is C21H33N7O. The third-order valence-corrected chi connectivity index (χ3v) is 4.85. The summed E-state index contributed by atoms with van der Waals surface area (Å²) in [5.41, 5.74) is 0.688. The SMILES string of the molecule is CCNC(=NCCc1noc(-c2ccccn2)n1)NC1CCN(CC(C)C)CC1. The fraction of sp³-hybridized carbons (Fsp3) is 0.619. The number of rotatable bonds is 8. The smallest absolute Gasteiger partial charge is 0.276 e. The van der Waals surface area contributed by atoms with Crippen LogP contribution < -0.4 is 10.6 Å². The van der Waals surface area contributed by atoms with Crippen molar-refractivity contribution in [3.63, 3.8) is 0 Å². The van der Waals surface area contributed by atoms with Gasteiger partial charge in [-0.15, -0.1) is 0 Å². The average molecular weight is 400 g/mol. The van der Waals surface area contributed by atoms with Crippen LogP contribution in [0.2, 0.25) is 0 Å². The first-order valence-corrected chi connectivity index (χ1v) is 10.6. The van der Waals surface area contributed by atoms with Crippen LogP contribution in [-0.4, -0.2) is 64.7 Å². The van der Waals surface area contributed by atoms with Crippen LogP contribution in [0.3, 0.4) is 0 Å². The van der Waals surface area contributed by atoms with E-state index in [0.29, 0.717) is 36.4 Å². The molecule has 0 aromatic carbocycles. The maximum Gasteiger partial charge on any atom is 0.276 e. The van der Waals surface area contributed by atoms with Crippen molar-refractivity contribution in [1.82, 2.24) is 30.7 Å². The molecule has 29 heavy (non-hydrogen) atoms. The largest absolute Gasteiger partial charge is 0.357 e. The Morgan fingerprint density at radius 1 is 1.31 bits per heavy atom. The molecule has 0 bridgehead atoms. The molecule has 0 unspecified atom stereocenters. The van der Waals surface area contributed by atoms with Crippen LogP contribution in [0.4, 0.5) is 0 Å². The molecule has 1 aliphatic rings. The normalized spacial score (nSPS) is 16.3. The molecule has 3 rings (SSSR count). The molecule has 0 radical (unpaired) electrons. The van der Waals surface area contributed by atoms with Gasteiger partial charge in [0, 0.05) is 51.4 Å². The van der Waals surface area contributed by atoms with Crippen LogP contribution in [0.5, 0.6) is 0 Å². The number of aromatic nitrogens is 3. The van der Waals surface area contributed by atoms with Gasteiger partial charge in [0.25, 0.3) is 5.89 Å². The summed E-state index contributed by atoms with van der Waals surface area (Å²) in [4.78, 5) is 15.9. The molecule has 0 saturated carbocycles. The zero-order valence-corrected chi connectivity index (χ0v) is 17.8. The first-order valence-electron chi connectivity index (χ1n) is 10.6. The minimum atomic E-state index is 0.447. The maximum atomic E-state index is 5.31. The second kappa shape index (κ2) is 10.9. The first kappa shape index (κ1) is 21.2. The number of pyridine rings is 1. The third kappa shape index (κ3) is 6.81. The van der Waals surface area contributed by atoms with E-state index in [1.54, 1.807) is 6.20 Å². The predicted octanol–water partition coefficient (Wildman–Crippen LogP) is 2.35. The van der Waals surface area contributed by atoms with Gasteiger partial charge in [0.2, 0.25) is 0 Å². The lowest BCUT2D eigenvalue weighted by molar-refractivity contribution is 0.187. The number of hydrogen-bond acceptors (Lipinski definition) is 6. The van der Waals surface area contributed by atoms with E-state index in [1.807, 2.05) is 18.2 Å². The molecule has 0 atom stereocenters. The van der Waals surface area contributed by atoms with Crippen molar-refractivity contribution >= 4 is 5.96 Å². The maximum absolute atomic E-state index is 5.31. The summed E-state index contributed by atoms with van der Waals surface area (Å²) in [5.74, 6) is 2.68. The van der Waals surface area contributed by atoms with Gasteiger partial charge in [-0.1, -0.05) is 25.1 Å². The number of aliphatic imine (C=N–C) groups is 1. The van der Waals surface area contributed by atoms with Crippen molar-refractivity contribution in [2.75, 3.05) is 32.7 Å². The van der Waals surface area contributed by atoms with E-state index in [-0.39, 0.29) is 0 Å². The number of nitrogens with zero attached hydrogens (tertiary/aromatic N) is 5. The highest BCUT2D eigenvalue weighted by molar-refractivity contribution is 5.80. The van der Waals surface area contributed by atoms with E-state index in [1.165, 1.54) is 6.54 Å². The summed E-state index contributed by atoms with van der Waals surface area (Å²) in [6.07, 6.45) is 4.63. The Hall–Kier alpha value is -2.48. The lowest BCUT2D eigenvalue weighted by Crippen LogP contribution is -2.49. The molecule has 0 spiro atoms. The lowest BCUT2D eigenvalue weighted by Gasteiger charge is -2.34. The van der Waals surface area contributed by atoms with Gasteiger partial charge in [0.05, 0.1) is 0 Å². The van der Waals surface area contributed by atoms with E-state index in [4.69, 9.17) is 9.52 Å². The molecule has 2 aromatic heterocycles. The Morgan fingerprint density at radius 2 is 2.14 bits per heavy atom. The number of hydrogen-bond donors (Lipinski definition) is 2. The highest BCUT2D eigenvalue weighted by atomic mass is 16.5. The molecule has 3 heterocycles. The van der Waals surface area contributed by atoms with Crippen molar-refractivity contribution in [2.24, 2.45) is 10.9 Å². The zero-order chi connectivity index (χ0) is 20.5. The molecule has 1 aliphatic heterocycles. The van der Waals surface area contributed by atoms with Crippen LogP contribution >= 0.6 is 0 Å². The predicted molar refractivity (Wildman–Crippen MR) is 115 cm³/mol. The Kier molecular flexibility index (Phi) is 7.98. The van der Waals surface area contributed by atoms with Gasteiger partial charge in [-0.25, -0.2) is 0 Å². The van der Waals surface area contributed by atoms with Gasteiger partial charge < -0.3 is 20.1 Å². The molecule has 8 nitrogen and oxygen atoms in total. The lowest BCUT2D eigenvalue weighted by atomic mass is 10.0. The van der Waals surface area contributed by atoms with Gasteiger partial charge in [-0.05, 0) is 37.8 Å². The highest BCUT2D eigenvalue weighted by Gasteiger charge is 2.20. The van der Waals surface area contributed by atoms with Crippen LogP contribution in [-0.2, 0) is 6.42 Å². The summed E-state index contributed by atoms with van der Waals surface area (Å²) in [6, 6.07) is 6.09. The van der Waals surface area contributed by atoms with E-state index < -0.39 is 0 Å². The van der Waals surface area contributed by atoms with E-state index in [2.05, 4.69) is 51.4 Å². The van der Waals surface area contributed by atoms with Gasteiger partial charge in [0.1, 0.15) is 5.69 Å². The van der Waals surface area contributed by atoms with E-state index >= 15 is 0 Å². The third-order valence-electron chi connectivity index (χ3n) is 4.85. The quantitative estimate of drug-likeness (QED) is 0.520. The van der Waals surface area contributed by atoms with Crippen LogP contribution in [0.25, 0.3) is 11.6 Å². The summed E-state index contributed by atoms with van der Waals surface area (Å²) >= 11 is 0. The summed E-state index contributed by atoms with van der Waals surface area (Å²) in [7, 11) is 0. The highest BCUT2D eigenvalue weighted by Crippen LogP contribution is 2.14. The first-order chi connectivity index (χ1) is 14.1. The minimum Gasteiger partial charge on any atom is -0.357 e. The Morgan fingerprint density at radius 3 is 2.83 bits per heavy atom.